The highest BCUT2D eigenvalue weighted by atomic mass is 19.1. The highest BCUT2D eigenvalue weighted by Gasteiger charge is 2.29. The summed E-state index contributed by atoms with van der Waals surface area (Å²) in [6.45, 7) is 11.3. The van der Waals surface area contributed by atoms with E-state index < -0.39 is 17.4 Å². The van der Waals surface area contributed by atoms with Crippen molar-refractivity contribution in [3.05, 3.63) is 35.6 Å². The first-order chi connectivity index (χ1) is 13.7. The molecule has 1 aromatic rings. The first-order valence-electron chi connectivity index (χ1n) is 10.0. The second kappa shape index (κ2) is 8.51. The van der Waals surface area contributed by atoms with E-state index in [2.05, 4.69) is 22.2 Å². The van der Waals surface area contributed by atoms with Gasteiger partial charge >= 0.3 is 0 Å². The average Bonchev–Trinajstić information content (AvgIpc) is 2.78. The number of nitrogens with zero attached hydrogens (tertiary/aromatic N) is 2. The molecular formula is C22H29F2N3O2. The van der Waals surface area contributed by atoms with Crippen LogP contribution in [0.1, 0.15) is 41.0 Å². The number of halogens is 2. The lowest BCUT2D eigenvalue weighted by Crippen LogP contribution is -2.33. The molecule has 2 heterocycles. The summed E-state index contributed by atoms with van der Waals surface area (Å²) >= 11 is 0. The highest BCUT2D eigenvalue weighted by molar-refractivity contribution is 5.89. The van der Waals surface area contributed by atoms with Crippen LogP contribution in [0.3, 0.4) is 0 Å². The number of nitrogens with one attached hydrogen (secondary N) is 1. The third-order valence-corrected chi connectivity index (χ3v) is 5.48. The van der Waals surface area contributed by atoms with Gasteiger partial charge in [-0.1, -0.05) is 27.7 Å². The minimum absolute atomic E-state index is 0.0254. The zero-order valence-corrected chi connectivity index (χ0v) is 17.6. The maximum absolute atomic E-state index is 14.7. The molecule has 2 aliphatic rings. The van der Waals surface area contributed by atoms with Crippen molar-refractivity contribution in [3.63, 3.8) is 0 Å². The predicted molar refractivity (Wildman–Crippen MR) is 112 cm³/mol. The van der Waals surface area contributed by atoms with Gasteiger partial charge in [0.25, 0.3) is 6.02 Å². The zero-order valence-electron chi connectivity index (χ0n) is 17.6. The van der Waals surface area contributed by atoms with Crippen molar-refractivity contribution in [2.24, 2.45) is 27.2 Å². The van der Waals surface area contributed by atoms with Gasteiger partial charge in [0, 0.05) is 35.4 Å². The Kier molecular flexibility index (Phi) is 6.24. The molecule has 1 N–H and O–H groups in total. The van der Waals surface area contributed by atoms with Crippen LogP contribution in [0.15, 0.2) is 34.0 Å². The Labute approximate surface area is 170 Å². The molecule has 0 radical (unpaired) electrons. The van der Waals surface area contributed by atoms with Gasteiger partial charge in [0.15, 0.2) is 17.4 Å². The molecule has 1 aromatic carbocycles. The van der Waals surface area contributed by atoms with Crippen LogP contribution < -0.4 is 10.1 Å². The fraction of sp³-hybridized carbons (Fsp3) is 0.545. The van der Waals surface area contributed by atoms with Gasteiger partial charge in [-0.3, -0.25) is 4.99 Å². The van der Waals surface area contributed by atoms with E-state index in [1.54, 1.807) is 12.3 Å². The Balaban J connectivity index is 1.79. The van der Waals surface area contributed by atoms with Crippen molar-refractivity contribution in [1.82, 2.24) is 0 Å². The number of rotatable bonds is 4. The van der Waals surface area contributed by atoms with E-state index in [-0.39, 0.29) is 35.0 Å². The molecule has 0 aromatic heterocycles. The van der Waals surface area contributed by atoms with Crippen LogP contribution in [0.5, 0.6) is 5.75 Å². The van der Waals surface area contributed by atoms with E-state index in [0.29, 0.717) is 18.9 Å². The van der Waals surface area contributed by atoms with Crippen molar-refractivity contribution in [2.45, 2.75) is 47.1 Å². The second-order valence-electron chi connectivity index (χ2n) is 8.55. The van der Waals surface area contributed by atoms with Gasteiger partial charge < -0.3 is 14.8 Å². The maximum atomic E-state index is 14.7. The van der Waals surface area contributed by atoms with Crippen LogP contribution in [-0.2, 0) is 4.74 Å². The van der Waals surface area contributed by atoms with Gasteiger partial charge in [-0.25, -0.2) is 13.8 Å². The normalized spacial score (nSPS) is 26.1. The number of amidine groups is 1. The van der Waals surface area contributed by atoms with Gasteiger partial charge in [0.2, 0.25) is 0 Å². The molecule has 158 valence electrons. The molecule has 5 nitrogen and oxygen atoms in total. The fourth-order valence-corrected chi connectivity index (χ4v) is 3.48. The van der Waals surface area contributed by atoms with Crippen LogP contribution in [0.4, 0.5) is 14.5 Å². The summed E-state index contributed by atoms with van der Waals surface area (Å²) in [6.07, 6.45) is 4.14. The van der Waals surface area contributed by atoms with Crippen molar-refractivity contribution in [2.75, 3.05) is 18.5 Å². The number of hydrogen-bond donors (Lipinski definition) is 1. The van der Waals surface area contributed by atoms with Crippen molar-refractivity contribution in [1.29, 1.82) is 0 Å². The average molecular weight is 405 g/mol. The molecule has 29 heavy (non-hydrogen) atoms. The van der Waals surface area contributed by atoms with Crippen LogP contribution in [0, 0.1) is 28.9 Å². The summed E-state index contributed by atoms with van der Waals surface area (Å²) in [6, 6.07) is 2.73. The van der Waals surface area contributed by atoms with Crippen molar-refractivity contribution >= 4 is 17.9 Å². The van der Waals surface area contributed by atoms with E-state index in [0.717, 1.165) is 6.42 Å². The third-order valence-electron chi connectivity index (χ3n) is 5.48. The monoisotopic (exact) mass is 405 g/mol. The van der Waals surface area contributed by atoms with Gasteiger partial charge in [-0.2, -0.15) is 0 Å². The Bertz CT molecular complexity index is 825. The molecule has 0 amide bonds. The topological polar surface area (TPSA) is 55.2 Å². The Morgan fingerprint density at radius 2 is 1.93 bits per heavy atom. The van der Waals surface area contributed by atoms with Gasteiger partial charge in [0.05, 0.1) is 19.2 Å². The van der Waals surface area contributed by atoms with Crippen LogP contribution >= 0.6 is 0 Å². The lowest BCUT2D eigenvalue weighted by atomic mass is 9.85. The maximum Gasteiger partial charge on any atom is 0.289 e. The summed E-state index contributed by atoms with van der Waals surface area (Å²) in [5.74, 6) is -1.25. The molecule has 0 saturated carbocycles. The second-order valence-corrected chi connectivity index (χ2v) is 8.55. The minimum atomic E-state index is -0.790. The molecule has 7 heteroatoms. The van der Waals surface area contributed by atoms with Crippen LogP contribution in [0.2, 0.25) is 0 Å². The van der Waals surface area contributed by atoms with Crippen LogP contribution in [0.25, 0.3) is 0 Å². The van der Waals surface area contributed by atoms with E-state index >= 15 is 0 Å². The van der Waals surface area contributed by atoms with Crippen molar-refractivity contribution in [3.8, 4) is 5.75 Å². The number of ether oxygens (including phenoxy) is 2. The molecular weight excluding hydrogens is 376 g/mol. The summed E-state index contributed by atoms with van der Waals surface area (Å²) < 4.78 is 40.7. The SMILES string of the molecule is CC[C@H]1C(Oc2c(F)cc(NC3=NCC(C)(C)CO3)cc2F)=CC=N[C@H](C)[C@@H]1C. The number of aliphatic imine (C=N–C) groups is 2. The largest absolute Gasteiger partial charge is 0.464 e. The van der Waals surface area contributed by atoms with E-state index in [4.69, 9.17) is 9.47 Å². The van der Waals surface area contributed by atoms with Gasteiger partial charge in [0.1, 0.15) is 5.76 Å². The lowest BCUT2D eigenvalue weighted by molar-refractivity contribution is 0.156. The summed E-state index contributed by atoms with van der Waals surface area (Å²) in [4.78, 5) is 8.71. The van der Waals surface area contributed by atoms with Crippen molar-refractivity contribution < 1.29 is 18.3 Å². The number of allylic oxidation sites excluding steroid dienone is 2. The molecule has 0 aliphatic carbocycles. The zero-order chi connectivity index (χ0) is 21.2. The van der Waals surface area contributed by atoms with Gasteiger partial charge in [-0.05, 0) is 25.3 Å². The first-order valence-corrected chi connectivity index (χ1v) is 10.0. The molecule has 3 atom stereocenters. The third kappa shape index (κ3) is 4.95. The Morgan fingerprint density at radius 3 is 2.52 bits per heavy atom. The predicted octanol–water partition coefficient (Wildman–Crippen LogP) is 5.19. The summed E-state index contributed by atoms with van der Waals surface area (Å²) in [5, 5.41) is 2.83. The smallest absolute Gasteiger partial charge is 0.289 e. The summed E-state index contributed by atoms with van der Waals surface area (Å²) in [7, 11) is 0. The Hall–Kier alpha value is -2.44. The Morgan fingerprint density at radius 1 is 1.24 bits per heavy atom. The first kappa shape index (κ1) is 21.3. The molecule has 3 rings (SSSR count). The minimum Gasteiger partial charge on any atom is -0.464 e. The molecule has 0 unspecified atom stereocenters. The summed E-state index contributed by atoms with van der Waals surface area (Å²) in [5.41, 5.74) is 0.163. The molecule has 0 saturated heterocycles. The van der Waals surface area contributed by atoms with E-state index in [1.807, 2.05) is 27.7 Å². The fourth-order valence-electron chi connectivity index (χ4n) is 3.48. The van der Waals surface area contributed by atoms with E-state index in [9.17, 15) is 8.78 Å². The number of hydrogen-bond acceptors (Lipinski definition) is 5. The molecule has 2 aliphatic heterocycles. The molecule has 0 fully saturated rings. The standard InChI is InChI=1S/C22H29F2N3O2/c1-6-16-13(2)14(3)25-8-7-19(16)29-20-17(23)9-15(10-18(20)24)27-21-26-11-22(4,5)12-28-21/h7-10,13-14,16H,6,11-12H2,1-5H3,(H,26,27)/t13-,14+,16+/m0/s1. The molecule has 0 spiro atoms. The van der Waals surface area contributed by atoms with Gasteiger partial charge in [-0.15, -0.1) is 0 Å². The lowest BCUT2D eigenvalue weighted by Gasteiger charge is -2.28. The number of anilines is 1. The van der Waals surface area contributed by atoms with Crippen LogP contribution in [-0.4, -0.2) is 31.4 Å². The quantitative estimate of drug-likeness (QED) is 0.750. The number of benzene rings is 1. The molecule has 0 bridgehead atoms. The highest BCUT2D eigenvalue weighted by Crippen LogP contribution is 2.34. The van der Waals surface area contributed by atoms with E-state index in [1.165, 1.54) is 12.1 Å².